The third-order valence-corrected chi connectivity index (χ3v) is 4.30. The highest BCUT2D eigenvalue weighted by Crippen LogP contribution is 2.33. The van der Waals surface area contributed by atoms with E-state index in [2.05, 4.69) is 33.0 Å². The number of nitrogens with one attached hydrogen (secondary N) is 1. The number of hydrogen-bond donors (Lipinski definition) is 3. The molecule has 0 heterocycles. The van der Waals surface area contributed by atoms with Crippen LogP contribution in [0, 0.1) is 17.3 Å². The Morgan fingerprint density at radius 1 is 1.50 bits per heavy atom. The quantitative estimate of drug-likeness (QED) is 0.723. The van der Waals surface area contributed by atoms with Crippen molar-refractivity contribution in [2.75, 3.05) is 13.2 Å². The van der Waals surface area contributed by atoms with Crippen LogP contribution in [-0.4, -0.2) is 29.7 Å². The lowest BCUT2D eigenvalue weighted by Gasteiger charge is -2.40. The Bertz CT molecular complexity index is 325. The smallest absolute Gasteiger partial charge is 0.224 e. The second-order valence-corrected chi connectivity index (χ2v) is 7.83. The molecule has 3 atom stereocenters. The van der Waals surface area contributed by atoms with Crippen LogP contribution in [0.5, 0.6) is 0 Å². The number of carbonyl (C=O) groups excluding carboxylic acids is 1. The Labute approximate surface area is 123 Å². The summed E-state index contributed by atoms with van der Waals surface area (Å²) in [7, 11) is 0. The third kappa shape index (κ3) is 5.06. The molecule has 4 heteroatoms. The molecule has 1 fully saturated rings. The first-order valence-corrected chi connectivity index (χ1v) is 7.84. The Balaban J connectivity index is 2.70. The minimum Gasteiger partial charge on any atom is -0.394 e. The normalized spacial score (nSPS) is 29.0. The fourth-order valence-electron chi connectivity index (χ4n) is 3.34. The molecule has 20 heavy (non-hydrogen) atoms. The molecule has 0 bridgehead atoms. The average molecular weight is 284 g/mol. The summed E-state index contributed by atoms with van der Waals surface area (Å²) < 4.78 is 0. The van der Waals surface area contributed by atoms with E-state index in [4.69, 9.17) is 5.73 Å². The molecule has 0 aliphatic heterocycles. The molecule has 0 saturated heterocycles. The second-order valence-electron chi connectivity index (χ2n) is 7.83. The van der Waals surface area contributed by atoms with E-state index in [1.807, 2.05) is 0 Å². The van der Waals surface area contributed by atoms with Crippen molar-refractivity contribution in [1.82, 2.24) is 5.32 Å². The standard InChI is InChI=1S/C16H32N2O2/c1-12-6-5-7-16(8-12,11-19)18-14(20)13(10-17)9-15(2,3)4/h12-13,19H,5-11,17H2,1-4H3,(H,18,20). The lowest BCUT2D eigenvalue weighted by atomic mass is 9.76. The van der Waals surface area contributed by atoms with Crippen LogP contribution in [0.15, 0.2) is 0 Å². The highest BCUT2D eigenvalue weighted by atomic mass is 16.3. The van der Waals surface area contributed by atoms with Crippen molar-refractivity contribution in [3.05, 3.63) is 0 Å². The summed E-state index contributed by atoms with van der Waals surface area (Å²) in [6.45, 7) is 8.93. The van der Waals surface area contributed by atoms with E-state index in [9.17, 15) is 9.90 Å². The van der Waals surface area contributed by atoms with E-state index >= 15 is 0 Å². The molecule has 3 unspecified atom stereocenters. The molecule has 0 aromatic carbocycles. The predicted octanol–water partition coefficient (Wildman–Crippen LogP) is 2.05. The van der Waals surface area contributed by atoms with Crippen molar-refractivity contribution in [3.63, 3.8) is 0 Å². The van der Waals surface area contributed by atoms with Gasteiger partial charge in [-0.2, -0.15) is 0 Å². The first-order chi connectivity index (χ1) is 9.21. The zero-order chi connectivity index (χ0) is 15.4. The highest BCUT2D eigenvalue weighted by molar-refractivity contribution is 5.79. The lowest BCUT2D eigenvalue weighted by molar-refractivity contribution is -0.129. The summed E-state index contributed by atoms with van der Waals surface area (Å²) in [5.41, 5.74) is 5.42. The van der Waals surface area contributed by atoms with Crippen LogP contribution in [0.1, 0.15) is 59.8 Å². The molecule has 1 aliphatic carbocycles. The number of hydrogen-bond acceptors (Lipinski definition) is 3. The van der Waals surface area contributed by atoms with Gasteiger partial charge in [0.1, 0.15) is 0 Å². The molecule has 0 spiro atoms. The Hall–Kier alpha value is -0.610. The number of nitrogens with two attached hydrogens (primary N) is 1. The fraction of sp³-hybridized carbons (Fsp3) is 0.938. The van der Waals surface area contributed by atoms with Crippen molar-refractivity contribution in [2.24, 2.45) is 23.0 Å². The molecule has 1 aliphatic rings. The van der Waals surface area contributed by atoms with E-state index < -0.39 is 5.54 Å². The van der Waals surface area contributed by atoms with Crippen LogP contribution in [0.3, 0.4) is 0 Å². The number of carbonyl (C=O) groups is 1. The van der Waals surface area contributed by atoms with Crippen molar-refractivity contribution >= 4 is 5.91 Å². The SMILES string of the molecule is CC1CCCC(CO)(NC(=O)C(CN)CC(C)(C)C)C1. The summed E-state index contributed by atoms with van der Waals surface area (Å²) in [6, 6.07) is 0. The first kappa shape index (κ1) is 17.4. The van der Waals surface area contributed by atoms with Gasteiger partial charge < -0.3 is 16.2 Å². The molecule has 0 radical (unpaired) electrons. The Morgan fingerprint density at radius 3 is 2.60 bits per heavy atom. The van der Waals surface area contributed by atoms with E-state index in [1.54, 1.807) is 0 Å². The van der Waals surface area contributed by atoms with Gasteiger partial charge in [0.25, 0.3) is 0 Å². The molecular weight excluding hydrogens is 252 g/mol. The van der Waals surface area contributed by atoms with Gasteiger partial charge >= 0.3 is 0 Å². The minimum atomic E-state index is -0.431. The molecular formula is C16H32N2O2. The second kappa shape index (κ2) is 6.90. The van der Waals surface area contributed by atoms with Gasteiger partial charge in [0, 0.05) is 6.54 Å². The summed E-state index contributed by atoms with van der Waals surface area (Å²) >= 11 is 0. The monoisotopic (exact) mass is 284 g/mol. The molecule has 0 aromatic heterocycles. The van der Waals surface area contributed by atoms with E-state index in [-0.39, 0.29) is 23.8 Å². The first-order valence-electron chi connectivity index (χ1n) is 7.84. The summed E-state index contributed by atoms with van der Waals surface area (Å²) in [4.78, 5) is 12.5. The van der Waals surface area contributed by atoms with Gasteiger partial charge in [-0.25, -0.2) is 0 Å². The van der Waals surface area contributed by atoms with Gasteiger partial charge in [0.2, 0.25) is 5.91 Å². The maximum atomic E-state index is 12.5. The average Bonchev–Trinajstić information content (AvgIpc) is 2.34. The lowest BCUT2D eigenvalue weighted by Crippen LogP contribution is -2.56. The molecule has 1 rings (SSSR count). The summed E-state index contributed by atoms with van der Waals surface area (Å²) in [6.07, 6.45) is 4.75. The Kier molecular flexibility index (Phi) is 6.02. The van der Waals surface area contributed by atoms with Crippen LogP contribution in [0.2, 0.25) is 0 Å². The molecule has 1 amide bonds. The molecule has 1 saturated carbocycles. The fourth-order valence-corrected chi connectivity index (χ4v) is 3.34. The Morgan fingerprint density at radius 2 is 2.15 bits per heavy atom. The summed E-state index contributed by atoms with van der Waals surface area (Å²) in [5.74, 6) is 0.386. The maximum Gasteiger partial charge on any atom is 0.224 e. The number of rotatable bonds is 5. The van der Waals surface area contributed by atoms with Crippen LogP contribution in [0.4, 0.5) is 0 Å². The predicted molar refractivity (Wildman–Crippen MR) is 82.2 cm³/mol. The molecule has 4 N–H and O–H groups in total. The van der Waals surface area contributed by atoms with Crippen molar-refractivity contribution in [2.45, 2.75) is 65.3 Å². The minimum absolute atomic E-state index is 0.00516. The zero-order valence-corrected chi connectivity index (χ0v) is 13.5. The van der Waals surface area contributed by atoms with E-state index in [0.717, 1.165) is 25.7 Å². The summed E-state index contributed by atoms with van der Waals surface area (Å²) in [5, 5.41) is 12.9. The highest BCUT2D eigenvalue weighted by Gasteiger charge is 2.37. The van der Waals surface area contributed by atoms with Gasteiger partial charge in [0.15, 0.2) is 0 Å². The van der Waals surface area contributed by atoms with Gasteiger partial charge in [-0.3, -0.25) is 4.79 Å². The molecule has 0 aromatic rings. The number of aliphatic hydroxyl groups excluding tert-OH is 1. The molecule has 118 valence electrons. The van der Waals surface area contributed by atoms with Gasteiger partial charge in [-0.05, 0) is 30.6 Å². The van der Waals surface area contributed by atoms with Crippen LogP contribution < -0.4 is 11.1 Å². The zero-order valence-electron chi connectivity index (χ0n) is 13.5. The molecule has 4 nitrogen and oxygen atoms in total. The number of aliphatic hydroxyl groups is 1. The number of amides is 1. The van der Waals surface area contributed by atoms with Gasteiger partial charge in [-0.1, -0.05) is 40.5 Å². The van der Waals surface area contributed by atoms with Gasteiger partial charge in [0.05, 0.1) is 18.1 Å². The third-order valence-electron chi connectivity index (χ3n) is 4.30. The van der Waals surface area contributed by atoms with Crippen LogP contribution in [-0.2, 0) is 4.79 Å². The van der Waals surface area contributed by atoms with Crippen molar-refractivity contribution in [3.8, 4) is 0 Å². The maximum absolute atomic E-state index is 12.5. The van der Waals surface area contributed by atoms with Crippen molar-refractivity contribution < 1.29 is 9.90 Å². The van der Waals surface area contributed by atoms with Crippen LogP contribution in [0.25, 0.3) is 0 Å². The van der Waals surface area contributed by atoms with Gasteiger partial charge in [-0.15, -0.1) is 0 Å². The van der Waals surface area contributed by atoms with Crippen molar-refractivity contribution in [1.29, 1.82) is 0 Å². The topological polar surface area (TPSA) is 75.3 Å². The van der Waals surface area contributed by atoms with E-state index in [1.165, 1.54) is 6.42 Å². The van der Waals surface area contributed by atoms with Crippen LogP contribution >= 0.6 is 0 Å². The van der Waals surface area contributed by atoms with E-state index in [0.29, 0.717) is 12.5 Å². The largest absolute Gasteiger partial charge is 0.394 e.